The van der Waals surface area contributed by atoms with E-state index in [9.17, 15) is 4.79 Å². The van der Waals surface area contributed by atoms with Gasteiger partial charge in [0.15, 0.2) is 0 Å². The van der Waals surface area contributed by atoms with E-state index in [4.69, 9.17) is 0 Å². The number of aliphatic imine (C=N–C) groups is 1. The number of nitrogens with zero attached hydrogens (tertiary/aromatic N) is 1. The van der Waals surface area contributed by atoms with Crippen LogP contribution in [0.1, 0.15) is 0 Å². The zero-order chi connectivity index (χ0) is 9.68. The fourth-order valence-corrected chi connectivity index (χ4v) is 2.60. The van der Waals surface area contributed by atoms with Gasteiger partial charge in [0.2, 0.25) is 6.08 Å². The number of carbonyl (C=O) groups excluding carboxylic acids is 1. The van der Waals surface area contributed by atoms with Crippen LogP contribution in [0.25, 0.3) is 0 Å². The van der Waals surface area contributed by atoms with E-state index in [-0.39, 0.29) is 0 Å². The van der Waals surface area contributed by atoms with Crippen LogP contribution in [0, 0.1) is 0 Å². The highest BCUT2D eigenvalue weighted by atomic mass is 32.2. The van der Waals surface area contributed by atoms with Gasteiger partial charge in [-0.2, -0.15) is 4.99 Å². The molecule has 13 heavy (non-hydrogen) atoms. The molecule has 4 heteroatoms. The molecule has 0 bridgehead atoms. The lowest BCUT2D eigenvalue weighted by atomic mass is 10.3. The second kappa shape index (κ2) is 5.12. The Morgan fingerprint density at radius 2 is 2.08 bits per heavy atom. The van der Waals surface area contributed by atoms with Gasteiger partial charge in [0, 0.05) is 9.79 Å². The first-order valence-corrected chi connectivity index (χ1v) is 6.07. The molecular weight excluding hydrogens is 202 g/mol. The third-order valence-corrected chi connectivity index (χ3v) is 3.29. The number of thioether (sulfide) groups is 2. The Morgan fingerprint density at radius 3 is 2.62 bits per heavy atom. The molecule has 0 saturated carbocycles. The fraction of sp³-hybridized carbons (Fsp3) is 0.222. The predicted octanol–water partition coefficient (Wildman–Crippen LogP) is 3.10. The molecule has 0 unspecified atom stereocenters. The molecule has 1 rings (SSSR count). The molecule has 0 aliphatic heterocycles. The number of rotatable bonds is 3. The van der Waals surface area contributed by atoms with Crippen molar-refractivity contribution in [3.05, 3.63) is 18.2 Å². The number of hydrogen-bond donors (Lipinski definition) is 0. The van der Waals surface area contributed by atoms with Crippen LogP contribution in [-0.4, -0.2) is 18.6 Å². The topological polar surface area (TPSA) is 29.4 Å². The van der Waals surface area contributed by atoms with Gasteiger partial charge < -0.3 is 0 Å². The van der Waals surface area contributed by atoms with Crippen molar-refractivity contribution in [3.8, 4) is 0 Å². The summed E-state index contributed by atoms with van der Waals surface area (Å²) in [5.41, 5.74) is 0.703. The van der Waals surface area contributed by atoms with Crippen molar-refractivity contribution in [2.24, 2.45) is 4.99 Å². The molecule has 0 aromatic heterocycles. The Morgan fingerprint density at radius 1 is 1.31 bits per heavy atom. The zero-order valence-corrected chi connectivity index (χ0v) is 9.04. The fourth-order valence-electron chi connectivity index (χ4n) is 1.01. The molecule has 0 amide bonds. The molecule has 2 nitrogen and oxygen atoms in total. The van der Waals surface area contributed by atoms with Gasteiger partial charge in [-0.25, -0.2) is 4.79 Å². The van der Waals surface area contributed by atoms with E-state index < -0.39 is 0 Å². The number of isocyanates is 1. The van der Waals surface area contributed by atoms with Crippen LogP contribution in [-0.2, 0) is 4.79 Å². The molecule has 0 spiro atoms. The SMILES string of the molecule is CSc1cccc(N=C=O)c1SC. The standard InChI is InChI=1S/C9H9NOS2/c1-12-8-5-3-4-7(10-6-11)9(8)13-2/h3-5H,1-2H3. The Labute approximate surface area is 85.8 Å². The van der Waals surface area contributed by atoms with Crippen LogP contribution in [0.3, 0.4) is 0 Å². The highest BCUT2D eigenvalue weighted by Gasteiger charge is 2.04. The summed E-state index contributed by atoms with van der Waals surface area (Å²) in [6.45, 7) is 0. The first kappa shape index (κ1) is 10.4. The lowest BCUT2D eigenvalue weighted by molar-refractivity contribution is 0.565. The summed E-state index contributed by atoms with van der Waals surface area (Å²) in [6, 6.07) is 5.72. The van der Waals surface area contributed by atoms with Crippen molar-refractivity contribution in [2.75, 3.05) is 12.5 Å². The first-order chi connectivity index (χ1) is 6.33. The number of benzene rings is 1. The van der Waals surface area contributed by atoms with E-state index >= 15 is 0 Å². The van der Waals surface area contributed by atoms with Crippen molar-refractivity contribution in [1.29, 1.82) is 0 Å². The van der Waals surface area contributed by atoms with Gasteiger partial charge in [-0.1, -0.05) is 6.07 Å². The summed E-state index contributed by atoms with van der Waals surface area (Å²) in [5, 5.41) is 0. The molecule has 0 aliphatic carbocycles. The molecule has 0 N–H and O–H groups in total. The molecule has 0 atom stereocenters. The third kappa shape index (κ3) is 2.37. The van der Waals surface area contributed by atoms with Crippen LogP contribution < -0.4 is 0 Å². The van der Waals surface area contributed by atoms with Gasteiger partial charge in [0.05, 0.1) is 5.69 Å². The normalized spacial score (nSPS) is 9.38. The van der Waals surface area contributed by atoms with Crippen LogP contribution in [0.15, 0.2) is 33.0 Å². The lowest BCUT2D eigenvalue weighted by Crippen LogP contribution is -1.77. The molecule has 0 saturated heterocycles. The van der Waals surface area contributed by atoms with Crippen LogP contribution in [0.2, 0.25) is 0 Å². The Kier molecular flexibility index (Phi) is 4.09. The molecular formula is C9H9NOS2. The lowest BCUT2D eigenvalue weighted by Gasteiger charge is -2.05. The van der Waals surface area contributed by atoms with Crippen molar-refractivity contribution in [3.63, 3.8) is 0 Å². The van der Waals surface area contributed by atoms with Crippen molar-refractivity contribution < 1.29 is 4.79 Å². The van der Waals surface area contributed by atoms with Gasteiger partial charge in [-0.15, -0.1) is 23.5 Å². The molecule has 1 aromatic rings. The monoisotopic (exact) mass is 211 g/mol. The van der Waals surface area contributed by atoms with E-state index in [0.717, 1.165) is 9.79 Å². The van der Waals surface area contributed by atoms with Gasteiger partial charge in [0.1, 0.15) is 0 Å². The van der Waals surface area contributed by atoms with Gasteiger partial charge in [0.25, 0.3) is 0 Å². The average molecular weight is 211 g/mol. The van der Waals surface area contributed by atoms with Gasteiger partial charge in [-0.05, 0) is 24.6 Å². The predicted molar refractivity (Wildman–Crippen MR) is 57.8 cm³/mol. The largest absolute Gasteiger partial charge is 0.240 e. The minimum Gasteiger partial charge on any atom is -0.211 e. The van der Waals surface area contributed by atoms with Crippen LogP contribution in [0.4, 0.5) is 5.69 Å². The van der Waals surface area contributed by atoms with Crippen molar-refractivity contribution in [1.82, 2.24) is 0 Å². The van der Waals surface area contributed by atoms with E-state index in [1.165, 1.54) is 0 Å². The number of hydrogen-bond acceptors (Lipinski definition) is 4. The Balaban J connectivity index is 3.26. The molecule has 0 heterocycles. The zero-order valence-electron chi connectivity index (χ0n) is 7.40. The quantitative estimate of drug-likeness (QED) is 0.437. The van der Waals surface area contributed by atoms with E-state index in [0.29, 0.717) is 5.69 Å². The summed E-state index contributed by atoms with van der Waals surface area (Å²) in [4.78, 5) is 16.0. The van der Waals surface area contributed by atoms with E-state index in [1.54, 1.807) is 29.6 Å². The maximum Gasteiger partial charge on any atom is 0.240 e. The summed E-state index contributed by atoms with van der Waals surface area (Å²) in [7, 11) is 0. The van der Waals surface area contributed by atoms with Crippen LogP contribution in [0.5, 0.6) is 0 Å². The van der Waals surface area contributed by atoms with E-state index in [1.807, 2.05) is 30.7 Å². The van der Waals surface area contributed by atoms with E-state index in [2.05, 4.69) is 4.99 Å². The van der Waals surface area contributed by atoms with Crippen molar-refractivity contribution in [2.45, 2.75) is 9.79 Å². The maximum atomic E-state index is 10.1. The minimum atomic E-state index is 0.703. The second-order valence-corrected chi connectivity index (χ2v) is 3.88. The second-order valence-electron chi connectivity index (χ2n) is 2.22. The molecule has 68 valence electrons. The summed E-state index contributed by atoms with van der Waals surface area (Å²) < 4.78 is 0. The highest BCUT2D eigenvalue weighted by molar-refractivity contribution is 8.01. The molecule has 0 fully saturated rings. The smallest absolute Gasteiger partial charge is 0.211 e. The van der Waals surface area contributed by atoms with Gasteiger partial charge in [-0.3, -0.25) is 0 Å². The first-order valence-electron chi connectivity index (χ1n) is 3.62. The highest BCUT2D eigenvalue weighted by Crippen LogP contribution is 2.35. The van der Waals surface area contributed by atoms with Gasteiger partial charge >= 0.3 is 0 Å². The molecule has 0 aliphatic rings. The average Bonchev–Trinajstić information content (AvgIpc) is 2.18. The summed E-state index contributed by atoms with van der Waals surface area (Å²) in [5.74, 6) is 0. The maximum absolute atomic E-state index is 10.1. The summed E-state index contributed by atoms with van der Waals surface area (Å²) >= 11 is 3.24. The summed E-state index contributed by atoms with van der Waals surface area (Å²) in [6.07, 6.45) is 5.54. The Hall–Kier alpha value is -0.700. The molecule has 1 aromatic carbocycles. The third-order valence-electron chi connectivity index (χ3n) is 1.55. The minimum absolute atomic E-state index is 0.703. The van der Waals surface area contributed by atoms with Crippen LogP contribution >= 0.6 is 23.5 Å². The van der Waals surface area contributed by atoms with Crippen molar-refractivity contribution >= 4 is 35.3 Å². The Bertz CT molecular complexity index is 345. The molecule has 0 radical (unpaired) electrons.